The van der Waals surface area contributed by atoms with Gasteiger partial charge in [0.05, 0.1) is 0 Å². The fourth-order valence-corrected chi connectivity index (χ4v) is 1.15. The zero-order valence-corrected chi connectivity index (χ0v) is 8.58. The third kappa shape index (κ3) is 1.97. The molecule has 0 aliphatic rings. The predicted octanol–water partition coefficient (Wildman–Crippen LogP) is 0.0446. The molecule has 2 rings (SSSR count). The number of pyridine rings is 1. The van der Waals surface area contributed by atoms with Crippen molar-refractivity contribution in [3.63, 3.8) is 0 Å². The van der Waals surface area contributed by atoms with E-state index in [9.17, 15) is 4.79 Å². The number of hydrogen-bond acceptors (Lipinski definition) is 5. The second-order valence-electron chi connectivity index (χ2n) is 3.11. The Morgan fingerprint density at radius 1 is 1.50 bits per heavy atom. The summed E-state index contributed by atoms with van der Waals surface area (Å²) in [5.74, 6) is 0.281. The summed E-state index contributed by atoms with van der Waals surface area (Å²) in [7, 11) is 1.68. The molecule has 0 radical (unpaired) electrons. The summed E-state index contributed by atoms with van der Waals surface area (Å²) in [6.07, 6.45) is 1.35. The number of nitrogen functional groups attached to an aromatic ring is 1. The molecule has 0 bridgehead atoms. The van der Waals surface area contributed by atoms with Gasteiger partial charge in [-0.25, -0.2) is 9.67 Å². The molecule has 0 spiro atoms. The van der Waals surface area contributed by atoms with Crippen LogP contribution in [0.2, 0.25) is 0 Å². The van der Waals surface area contributed by atoms with Crippen molar-refractivity contribution in [2.45, 2.75) is 0 Å². The first kappa shape index (κ1) is 10.1. The SMILES string of the molecule is Cn1ncnc1NC(=O)c1cccc(N)n1. The van der Waals surface area contributed by atoms with Gasteiger partial charge in [-0.3, -0.25) is 10.1 Å². The maximum Gasteiger partial charge on any atom is 0.276 e. The van der Waals surface area contributed by atoms with Crippen molar-refractivity contribution in [1.29, 1.82) is 0 Å². The highest BCUT2D eigenvalue weighted by molar-refractivity contribution is 6.02. The summed E-state index contributed by atoms with van der Waals surface area (Å²) in [6, 6.07) is 4.84. The maximum absolute atomic E-state index is 11.7. The molecule has 0 fully saturated rings. The van der Waals surface area contributed by atoms with Gasteiger partial charge in [-0.05, 0) is 12.1 Å². The fourth-order valence-electron chi connectivity index (χ4n) is 1.15. The van der Waals surface area contributed by atoms with Crippen LogP contribution in [0, 0.1) is 0 Å². The second kappa shape index (κ2) is 3.97. The van der Waals surface area contributed by atoms with E-state index in [1.54, 1.807) is 25.2 Å². The number of amides is 1. The number of aryl methyl sites for hydroxylation is 1. The van der Waals surface area contributed by atoms with Crippen LogP contribution in [0.25, 0.3) is 0 Å². The number of aromatic nitrogens is 4. The van der Waals surface area contributed by atoms with Crippen LogP contribution in [-0.4, -0.2) is 25.7 Å². The minimum Gasteiger partial charge on any atom is -0.384 e. The van der Waals surface area contributed by atoms with Gasteiger partial charge < -0.3 is 5.73 Å². The molecule has 0 atom stereocenters. The van der Waals surface area contributed by atoms with Gasteiger partial charge in [0.25, 0.3) is 5.91 Å². The summed E-state index contributed by atoms with van der Waals surface area (Å²) in [5.41, 5.74) is 5.71. The summed E-state index contributed by atoms with van der Waals surface area (Å²) in [6.45, 7) is 0. The zero-order valence-electron chi connectivity index (χ0n) is 8.58. The Balaban J connectivity index is 2.18. The quantitative estimate of drug-likeness (QED) is 0.741. The largest absolute Gasteiger partial charge is 0.384 e. The van der Waals surface area contributed by atoms with E-state index in [0.717, 1.165) is 0 Å². The molecule has 0 unspecified atom stereocenters. The lowest BCUT2D eigenvalue weighted by atomic mass is 10.3. The average molecular weight is 218 g/mol. The van der Waals surface area contributed by atoms with Gasteiger partial charge in [0.15, 0.2) is 0 Å². The first-order valence-corrected chi connectivity index (χ1v) is 4.54. The average Bonchev–Trinajstić information content (AvgIpc) is 2.64. The van der Waals surface area contributed by atoms with Crippen LogP contribution >= 0.6 is 0 Å². The molecule has 0 aromatic carbocycles. The van der Waals surface area contributed by atoms with Crippen molar-refractivity contribution in [2.75, 3.05) is 11.1 Å². The third-order valence-electron chi connectivity index (χ3n) is 1.94. The van der Waals surface area contributed by atoms with Crippen LogP contribution in [0.4, 0.5) is 11.8 Å². The van der Waals surface area contributed by atoms with E-state index in [1.807, 2.05) is 0 Å². The van der Waals surface area contributed by atoms with Crippen molar-refractivity contribution < 1.29 is 4.79 Å². The summed E-state index contributed by atoms with van der Waals surface area (Å²) < 4.78 is 1.45. The molecule has 82 valence electrons. The Morgan fingerprint density at radius 3 is 2.94 bits per heavy atom. The standard InChI is InChI=1S/C9H10N6O/c1-15-9(11-5-12-15)14-8(16)6-3-2-4-7(10)13-6/h2-5H,1H3,(H2,10,13)(H,11,12,14,16). The monoisotopic (exact) mass is 218 g/mol. The predicted molar refractivity (Wildman–Crippen MR) is 57.6 cm³/mol. The van der Waals surface area contributed by atoms with Crippen molar-refractivity contribution in [1.82, 2.24) is 19.7 Å². The number of hydrogen-bond donors (Lipinski definition) is 2. The zero-order chi connectivity index (χ0) is 11.5. The maximum atomic E-state index is 11.7. The number of carbonyl (C=O) groups is 1. The number of nitrogens with zero attached hydrogens (tertiary/aromatic N) is 4. The molecule has 2 aromatic rings. The Morgan fingerprint density at radius 2 is 2.31 bits per heavy atom. The molecule has 7 nitrogen and oxygen atoms in total. The molecule has 3 N–H and O–H groups in total. The van der Waals surface area contributed by atoms with Crippen LogP contribution in [0.1, 0.15) is 10.5 Å². The number of rotatable bonds is 2. The summed E-state index contributed by atoms with van der Waals surface area (Å²) in [5, 5.41) is 6.39. The van der Waals surface area contributed by atoms with Crippen molar-refractivity contribution in [3.05, 3.63) is 30.2 Å². The van der Waals surface area contributed by atoms with Gasteiger partial charge in [0.1, 0.15) is 17.8 Å². The molecule has 2 heterocycles. The third-order valence-corrected chi connectivity index (χ3v) is 1.94. The van der Waals surface area contributed by atoms with E-state index in [0.29, 0.717) is 11.8 Å². The number of nitrogens with two attached hydrogens (primary N) is 1. The highest BCUT2D eigenvalue weighted by Crippen LogP contribution is 2.04. The van der Waals surface area contributed by atoms with E-state index in [2.05, 4.69) is 20.4 Å². The van der Waals surface area contributed by atoms with Crippen LogP contribution in [0.3, 0.4) is 0 Å². The lowest BCUT2D eigenvalue weighted by molar-refractivity contribution is 0.102. The second-order valence-corrected chi connectivity index (χ2v) is 3.11. The topological polar surface area (TPSA) is 98.7 Å². The fraction of sp³-hybridized carbons (Fsp3) is 0.111. The molecule has 0 saturated carbocycles. The van der Waals surface area contributed by atoms with Crippen LogP contribution < -0.4 is 11.1 Å². The van der Waals surface area contributed by atoms with Gasteiger partial charge in [-0.2, -0.15) is 10.1 Å². The van der Waals surface area contributed by atoms with Crippen molar-refractivity contribution >= 4 is 17.7 Å². The molecule has 0 saturated heterocycles. The summed E-state index contributed by atoms with van der Waals surface area (Å²) >= 11 is 0. The lowest BCUT2D eigenvalue weighted by Gasteiger charge is -2.03. The first-order chi connectivity index (χ1) is 7.66. The number of anilines is 2. The summed E-state index contributed by atoms with van der Waals surface area (Å²) in [4.78, 5) is 19.5. The Kier molecular flexibility index (Phi) is 2.50. The molecular formula is C9H10N6O. The minimum absolute atomic E-state index is 0.239. The first-order valence-electron chi connectivity index (χ1n) is 4.54. The van der Waals surface area contributed by atoms with E-state index >= 15 is 0 Å². The Labute approximate surface area is 91.3 Å². The molecular weight excluding hydrogens is 208 g/mol. The molecule has 0 aliphatic carbocycles. The molecule has 0 aliphatic heterocycles. The Hall–Kier alpha value is -2.44. The van der Waals surface area contributed by atoms with Gasteiger partial charge in [0, 0.05) is 7.05 Å². The highest BCUT2D eigenvalue weighted by atomic mass is 16.2. The van der Waals surface area contributed by atoms with Gasteiger partial charge in [0.2, 0.25) is 5.95 Å². The minimum atomic E-state index is -0.372. The van der Waals surface area contributed by atoms with E-state index < -0.39 is 0 Å². The number of carbonyl (C=O) groups excluding carboxylic acids is 1. The normalized spacial score (nSPS) is 10.1. The van der Waals surface area contributed by atoms with Gasteiger partial charge in [-0.1, -0.05) is 6.07 Å². The molecule has 2 aromatic heterocycles. The van der Waals surface area contributed by atoms with Crippen molar-refractivity contribution in [3.8, 4) is 0 Å². The van der Waals surface area contributed by atoms with E-state index in [1.165, 1.54) is 11.0 Å². The van der Waals surface area contributed by atoms with Crippen LogP contribution in [-0.2, 0) is 7.05 Å². The number of nitrogens with one attached hydrogen (secondary N) is 1. The highest BCUT2D eigenvalue weighted by Gasteiger charge is 2.10. The van der Waals surface area contributed by atoms with Crippen molar-refractivity contribution in [2.24, 2.45) is 7.05 Å². The van der Waals surface area contributed by atoms with Gasteiger partial charge in [-0.15, -0.1) is 0 Å². The van der Waals surface area contributed by atoms with Crippen LogP contribution in [0.5, 0.6) is 0 Å². The Bertz CT molecular complexity index is 520. The molecule has 16 heavy (non-hydrogen) atoms. The van der Waals surface area contributed by atoms with Gasteiger partial charge >= 0.3 is 0 Å². The van der Waals surface area contributed by atoms with E-state index in [4.69, 9.17) is 5.73 Å². The van der Waals surface area contributed by atoms with E-state index in [-0.39, 0.29) is 11.6 Å². The smallest absolute Gasteiger partial charge is 0.276 e. The lowest BCUT2D eigenvalue weighted by Crippen LogP contribution is -2.17. The van der Waals surface area contributed by atoms with Crippen LogP contribution in [0.15, 0.2) is 24.5 Å². The molecule has 1 amide bonds. The molecule has 7 heteroatoms.